The zero-order valence-corrected chi connectivity index (χ0v) is 23.4. The van der Waals surface area contributed by atoms with Gasteiger partial charge in [-0.2, -0.15) is 0 Å². The quantitative estimate of drug-likeness (QED) is 0.307. The molecule has 0 aliphatic carbocycles. The molecule has 0 bridgehead atoms. The molecule has 6 amide bonds. The Kier molecular flexibility index (Phi) is 9.51. The molecule has 1 aliphatic rings. The van der Waals surface area contributed by atoms with Crippen molar-refractivity contribution < 1.29 is 29.1 Å². The van der Waals surface area contributed by atoms with Crippen LogP contribution >= 0.6 is 0 Å². The Labute approximate surface area is 233 Å². The molecular formula is C29H37N5O6. The number of carboxylic acids is 1. The van der Waals surface area contributed by atoms with Crippen molar-refractivity contribution in [3.05, 3.63) is 60.2 Å². The first-order valence-electron chi connectivity index (χ1n) is 13.2. The van der Waals surface area contributed by atoms with Crippen molar-refractivity contribution in [1.82, 2.24) is 15.1 Å². The predicted octanol–water partition coefficient (Wildman–Crippen LogP) is 4.27. The summed E-state index contributed by atoms with van der Waals surface area (Å²) in [5.74, 6) is -2.14. The average molecular weight is 552 g/mol. The SMILES string of the molecule is CC(C)C[C@@H](C(=O)N[C@H](C)CC(=O)O)N1C(=O)N(Cc2ccc(NC(=O)Nc3ccccc3)cc2)C(C)(C)C1=O. The molecule has 2 aromatic carbocycles. The number of benzene rings is 2. The fourth-order valence-corrected chi connectivity index (χ4v) is 4.53. The highest BCUT2D eigenvalue weighted by Gasteiger charge is 2.54. The number of para-hydroxylation sites is 1. The number of nitrogens with zero attached hydrogens (tertiary/aromatic N) is 2. The fraction of sp³-hybridized carbons (Fsp3) is 0.414. The minimum absolute atomic E-state index is 0.0116. The van der Waals surface area contributed by atoms with E-state index >= 15 is 0 Å². The van der Waals surface area contributed by atoms with Crippen LogP contribution in [0.2, 0.25) is 0 Å². The summed E-state index contributed by atoms with van der Waals surface area (Å²) in [7, 11) is 0. The van der Waals surface area contributed by atoms with E-state index in [4.69, 9.17) is 5.11 Å². The van der Waals surface area contributed by atoms with Crippen LogP contribution in [0.4, 0.5) is 21.0 Å². The van der Waals surface area contributed by atoms with Gasteiger partial charge >= 0.3 is 18.0 Å². The summed E-state index contributed by atoms with van der Waals surface area (Å²) < 4.78 is 0. The van der Waals surface area contributed by atoms with E-state index in [1.165, 1.54) is 4.90 Å². The van der Waals surface area contributed by atoms with Crippen molar-refractivity contribution in [2.45, 2.75) is 71.6 Å². The first-order chi connectivity index (χ1) is 18.8. The number of carbonyl (C=O) groups is 5. The lowest BCUT2D eigenvalue weighted by molar-refractivity contribution is -0.140. The van der Waals surface area contributed by atoms with Crippen molar-refractivity contribution >= 4 is 41.2 Å². The molecule has 4 N–H and O–H groups in total. The van der Waals surface area contributed by atoms with Gasteiger partial charge in [-0.25, -0.2) is 14.5 Å². The van der Waals surface area contributed by atoms with Crippen LogP contribution in [-0.4, -0.2) is 62.4 Å². The zero-order chi connectivity index (χ0) is 29.6. The Bertz CT molecular complexity index is 1250. The van der Waals surface area contributed by atoms with Crippen LogP contribution in [0.15, 0.2) is 54.6 Å². The van der Waals surface area contributed by atoms with Gasteiger partial charge in [0.2, 0.25) is 5.91 Å². The van der Waals surface area contributed by atoms with Crippen LogP contribution < -0.4 is 16.0 Å². The summed E-state index contributed by atoms with van der Waals surface area (Å²) in [5, 5.41) is 17.2. The van der Waals surface area contributed by atoms with Crippen LogP contribution in [0, 0.1) is 5.92 Å². The number of nitrogens with one attached hydrogen (secondary N) is 3. The van der Waals surface area contributed by atoms with Gasteiger partial charge in [0.05, 0.1) is 6.42 Å². The van der Waals surface area contributed by atoms with Crippen LogP contribution in [0.5, 0.6) is 0 Å². The van der Waals surface area contributed by atoms with Gasteiger partial charge in [0, 0.05) is 24.0 Å². The summed E-state index contributed by atoms with van der Waals surface area (Å²) in [6, 6.07) is 13.2. The second-order valence-corrected chi connectivity index (χ2v) is 10.9. The topological polar surface area (TPSA) is 148 Å². The Balaban J connectivity index is 1.73. The van der Waals surface area contributed by atoms with E-state index in [0.717, 1.165) is 10.5 Å². The Morgan fingerprint density at radius 1 is 0.900 bits per heavy atom. The van der Waals surface area contributed by atoms with Gasteiger partial charge < -0.3 is 26.0 Å². The minimum atomic E-state index is -1.22. The standard InChI is InChI=1S/C29H37N5O6/c1-18(2)15-23(25(37)30-19(3)16-24(35)36)34-26(38)29(4,5)33(28(34)40)17-20-11-13-22(14-12-20)32-27(39)31-21-9-7-6-8-10-21/h6-14,18-19,23H,15-17H2,1-5H3,(H,30,37)(H,35,36)(H2,31,32,39)/t19-,23+/m1/s1. The number of hydrogen-bond acceptors (Lipinski definition) is 5. The molecule has 2 atom stereocenters. The molecule has 2 aromatic rings. The van der Waals surface area contributed by atoms with E-state index in [2.05, 4.69) is 16.0 Å². The molecular weight excluding hydrogens is 514 g/mol. The zero-order valence-electron chi connectivity index (χ0n) is 23.4. The molecule has 0 saturated carbocycles. The number of hydrogen-bond donors (Lipinski definition) is 4. The lowest BCUT2D eigenvalue weighted by Crippen LogP contribution is -2.53. The lowest BCUT2D eigenvalue weighted by Gasteiger charge is -2.28. The molecule has 11 heteroatoms. The van der Waals surface area contributed by atoms with Gasteiger partial charge in [-0.3, -0.25) is 14.4 Å². The van der Waals surface area contributed by atoms with Crippen molar-refractivity contribution in [2.24, 2.45) is 5.92 Å². The number of carbonyl (C=O) groups excluding carboxylic acids is 4. The summed E-state index contributed by atoms with van der Waals surface area (Å²) in [6.45, 7) is 8.69. The van der Waals surface area contributed by atoms with Gasteiger partial charge in [0.25, 0.3) is 5.91 Å². The number of imide groups is 1. The third kappa shape index (κ3) is 7.37. The summed E-state index contributed by atoms with van der Waals surface area (Å²) in [5.41, 5.74) is 0.712. The molecule has 214 valence electrons. The van der Waals surface area contributed by atoms with Crippen LogP contribution in [0.3, 0.4) is 0 Å². The molecule has 1 saturated heterocycles. The molecule has 1 heterocycles. The van der Waals surface area contributed by atoms with E-state index in [-0.39, 0.29) is 25.3 Å². The van der Waals surface area contributed by atoms with Gasteiger partial charge in [0.15, 0.2) is 0 Å². The van der Waals surface area contributed by atoms with Crippen molar-refractivity contribution in [2.75, 3.05) is 10.6 Å². The molecule has 3 rings (SSSR count). The van der Waals surface area contributed by atoms with E-state index in [9.17, 15) is 24.0 Å². The maximum Gasteiger partial charge on any atom is 0.328 e. The highest BCUT2D eigenvalue weighted by Crippen LogP contribution is 2.33. The highest BCUT2D eigenvalue weighted by atomic mass is 16.4. The normalized spacial score (nSPS) is 16.1. The third-order valence-electron chi connectivity index (χ3n) is 6.62. The number of carboxylic acid groups (broad SMARTS) is 1. The van der Waals surface area contributed by atoms with Crippen molar-refractivity contribution in [3.8, 4) is 0 Å². The second-order valence-electron chi connectivity index (χ2n) is 10.9. The number of anilines is 2. The maximum atomic E-state index is 13.6. The molecule has 1 fully saturated rings. The van der Waals surface area contributed by atoms with E-state index < -0.39 is 47.5 Å². The van der Waals surface area contributed by atoms with Crippen LogP contribution in [0.25, 0.3) is 0 Å². The van der Waals surface area contributed by atoms with Gasteiger partial charge in [-0.05, 0) is 62.9 Å². The van der Waals surface area contributed by atoms with E-state index in [1.54, 1.807) is 57.2 Å². The molecule has 0 aromatic heterocycles. The number of rotatable bonds is 11. The smallest absolute Gasteiger partial charge is 0.328 e. The summed E-state index contributed by atoms with van der Waals surface area (Å²) >= 11 is 0. The van der Waals surface area contributed by atoms with Gasteiger partial charge in [-0.15, -0.1) is 0 Å². The van der Waals surface area contributed by atoms with Crippen LogP contribution in [-0.2, 0) is 20.9 Å². The number of aliphatic carboxylic acids is 1. The largest absolute Gasteiger partial charge is 0.481 e. The van der Waals surface area contributed by atoms with Crippen molar-refractivity contribution in [3.63, 3.8) is 0 Å². The highest BCUT2D eigenvalue weighted by molar-refractivity contribution is 6.09. The summed E-state index contributed by atoms with van der Waals surface area (Å²) in [4.78, 5) is 66.0. The Hall–Kier alpha value is -4.41. The number of amides is 6. The molecule has 40 heavy (non-hydrogen) atoms. The number of urea groups is 2. The van der Waals surface area contributed by atoms with Gasteiger partial charge in [-0.1, -0.05) is 44.2 Å². The first-order valence-corrected chi connectivity index (χ1v) is 13.2. The molecule has 0 spiro atoms. The second kappa shape index (κ2) is 12.6. The van der Waals surface area contributed by atoms with Crippen molar-refractivity contribution in [1.29, 1.82) is 0 Å². The van der Waals surface area contributed by atoms with E-state index in [0.29, 0.717) is 11.4 Å². The molecule has 1 aliphatic heterocycles. The van der Waals surface area contributed by atoms with E-state index in [1.807, 2.05) is 32.0 Å². The van der Waals surface area contributed by atoms with Gasteiger partial charge in [0.1, 0.15) is 11.6 Å². The monoisotopic (exact) mass is 551 g/mol. The minimum Gasteiger partial charge on any atom is -0.481 e. The lowest BCUT2D eigenvalue weighted by atomic mass is 9.99. The molecule has 0 radical (unpaired) electrons. The third-order valence-corrected chi connectivity index (χ3v) is 6.62. The average Bonchev–Trinajstić information content (AvgIpc) is 3.02. The first kappa shape index (κ1) is 30.1. The molecule has 11 nitrogen and oxygen atoms in total. The fourth-order valence-electron chi connectivity index (χ4n) is 4.53. The molecule has 0 unspecified atom stereocenters. The maximum absolute atomic E-state index is 13.6. The Morgan fingerprint density at radius 3 is 2.02 bits per heavy atom. The summed E-state index contributed by atoms with van der Waals surface area (Å²) in [6.07, 6.45) is -0.0448. The van der Waals surface area contributed by atoms with Crippen LogP contribution in [0.1, 0.15) is 53.0 Å². The predicted molar refractivity (Wildman–Crippen MR) is 150 cm³/mol. The Morgan fingerprint density at radius 2 is 1.48 bits per heavy atom.